The van der Waals surface area contributed by atoms with E-state index in [1.165, 1.54) is 20.3 Å². The highest BCUT2D eigenvalue weighted by atomic mass is 19.1. The predicted octanol–water partition coefficient (Wildman–Crippen LogP) is 2.80. The molecule has 0 radical (unpaired) electrons. The van der Waals surface area contributed by atoms with Crippen molar-refractivity contribution in [3.63, 3.8) is 0 Å². The molecule has 2 N–H and O–H groups in total. The molecule has 0 unspecified atom stereocenters. The number of benzene rings is 2. The summed E-state index contributed by atoms with van der Waals surface area (Å²) in [4.78, 5) is 12.1. The Balaban J connectivity index is 2.30. The zero-order chi connectivity index (χ0) is 15.4. The third-order valence-corrected chi connectivity index (χ3v) is 2.86. The van der Waals surface area contributed by atoms with Gasteiger partial charge in [0.25, 0.3) is 5.91 Å². The van der Waals surface area contributed by atoms with Gasteiger partial charge >= 0.3 is 0 Å². The number of hydrogen-bond donors (Lipinski definition) is 2. The van der Waals surface area contributed by atoms with Crippen LogP contribution >= 0.6 is 0 Å². The van der Waals surface area contributed by atoms with Gasteiger partial charge in [-0.15, -0.1) is 0 Å². The molecule has 0 aliphatic heterocycles. The van der Waals surface area contributed by atoms with Gasteiger partial charge in [0.1, 0.15) is 23.1 Å². The van der Waals surface area contributed by atoms with Gasteiger partial charge in [0, 0.05) is 12.1 Å². The average molecular weight is 291 g/mol. The normalized spacial score (nSPS) is 10.0. The number of hydrogen-bond acceptors (Lipinski definition) is 4. The van der Waals surface area contributed by atoms with E-state index in [0.29, 0.717) is 17.2 Å². The SMILES string of the molecule is COc1ccc(OC)c(NC(=O)c2ccc(F)cc2O)c1. The number of carbonyl (C=O) groups is 1. The Bertz CT molecular complexity index is 673. The Morgan fingerprint density at radius 3 is 2.52 bits per heavy atom. The molecule has 0 bridgehead atoms. The van der Waals surface area contributed by atoms with Crippen LogP contribution in [0.1, 0.15) is 10.4 Å². The molecular formula is C15H14FNO4. The predicted molar refractivity (Wildman–Crippen MR) is 75.6 cm³/mol. The number of amides is 1. The summed E-state index contributed by atoms with van der Waals surface area (Å²) >= 11 is 0. The van der Waals surface area contributed by atoms with Gasteiger partial charge in [-0.2, -0.15) is 0 Å². The van der Waals surface area contributed by atoms with Crippen molar-refractivity contribution in [2.45, 2.75) is 0 Å². The number of phenolic OH excluding ortho intramolecular Hbond substituents is 1. The lowest BCUT2D eigenvalue weighted by atomic mass is 10.1. The minimum Gasteiger partial charge on any atom is -0.507 e. The van der Waals surface area contributed by atoms with Gasteiger partial charge in [-0.1, -0.05) is 0 Å². The van der Waals surface area contributed by atoms with Crippen molar-refractivity contribution in [3.8, 4) is 17.2 Å². The monoisotopic (exact) mass is 291 g/mol. The number of aromatic hydroxyl groups is 1. The number of phenols is 1. The van der Waals surface area contributed by atoms with Crippen LogP contribution in [0, 0.1) is 5.82 Å². The maximum Gasteiger partial charge on any atom is 0.259 e. The maximum absolute atomic E-state index is 12.9. The third kappa shape index (κ3) is 3.22. The summed E-state index contributed by atoms with van der Waals surface area (Å²) in [5.41, 5.74) is 0.340. The van der Waals surface area contributed by atoms with Crippen LogP contribution in [0.3, 0.4) is 0 Å². The average Bonchev–Trinajstić information content (AvgIpc) is 2.46. The van der Waals surface area contributed by atoms with E-state index in [-0.39, 0.29) is 5.56 Å². The van der Waals surface area contributed by atoms with Gasteiger partial charge in [0.15, 0.2) is 0 Å². The van der Waals surface area contributed by atoms with Crippen LogP contribution in [0.2, 0.25) is 0 Å². The molecule has 0 spiro atoms. The quantitative estimate of drug-likeness (QED) is 0.909. The summed E-state index contributed by atoms with van der Waals surface area (Å²) in [7, 11) is 2.96. The van der Waals surface area contributed by atoms with E-state index in [9.17, 15) is 14.3 Å². The topological polar surface area (TPSA) is 67.8 Å². The van der Waals surface area contributed by atoms with E-state index in [1.807, 2.05) is 0 Å². The number of ether oxygens (including phenoxy) is 2. The van der Waals surface area contributed by atoms with E-state index < -0.39 is 17.5 Å². The van der Waals surface area contributed by atoms with Crippen molar-refractivity contribution in [3.05, 3.63) is 47.8 Å². The summed E-state index contributed by atoms with van der Waals surface area (Å²) < 4.78 is 23.1. The third-order valence-electron chi connectivity index (χ3n) is 2.86. The van der Waals surface area contributed by atoms with E-state index in [0.717, 1.165) is 12.1 Å². The van der Waals surface area contributed by atoms with Crippen molar-refractivity contribution < 1.29 is 23.8 Å². The van der Waals surface area contributed by atoms with Crippen LogP contribution in [-0.4, -0.2) is 25.2 Å². The van der Waals surface area contributed by atoms with Crippen molar-refractivity contribution in [1.82, 2.24) is 0 Å². The fraction of sp³-hybridized carbons (Fsp3) is 0.133. The van der Waals surface area contributed by atoms with Crippen molar-refractivity contribution >= 4 is 11.6 Å². The standard InChI is InChI=1S/C15H14FNO4/c1-20-10-4-6-14(21-2)12(8-10)17-15(19)11-5-3-9(16)7-13(11)18/h3-8,18H,1-2H3,(H,17,19). The van der Waals surface area contributed by atoms with Gasteiger partial charge in [-0.25, -0.2) is 4.39 Å². The van der Waals surface area contributed by atoms with Crippen LogP contribution in [0.5, 0.6) is 17.2 Å². The maximum atomic E-state index is 12.9. The van der Waals surface area contributed by atoms with Crippen LogP contribution in [0.15, 0.2) is 36.4 Å². The number of halogens is 1. The fourth-order valence-corrected chi connectivity index (χ4v) is 1.80. The summed E-state index contributed by atoms with van der Waals surface area (Å²) in [5.74, 6) is -0.670. The molecule has 21 heavy (non-hydrogen) atoms. The largest absolute Gasteiger partial charge is 0.507 e. The van der Waals surface area contributed by atoms with Gasteiger partial charge in [0.2, 0.25) is 0 Å². The molecule has 0 aliphatic rings. The van der Waals surface area contributed by atoms with E-state index in [1.54, 1.807) is 18.2 Å². The molecule has 0 fully saturated rings. The molecule has 0 aliphatic carbocycles. The Labute approximate surface area is 120 Å². The molecule has 1 amide bonds. The van der Waals surface area contributed by atoms with E-state index in [4.69, 9.17) is 9.47 Å². The molecule has 110 valence electrons. The van der Waals surface area contributed by atoms with Crippen molar-refractivity contribution in [2.75, 3.05) is 19.5 Å². The van der Waals surface area contributed by atoms with Crippen molar-refractivity contribution in [2.24, 2.45) is 0 Å². The zero-order valence-corrected chi connectivity index (χ0v) is 11.5. The molecule has 0 saturated carbocycles. The molecule has 0 atom stereocenters. The second kappa shape index (κ2) is 6.13. The minimum atomic E-state index is -0.622. The lowest BCUT2D eigenvalue weighted by Crippen LogP contribution is -2.13. The van der Waals surface area contributed by atoms with Crippen LogP contribution in [-0.2, 0) is 0 Å². The highest BCUT2D eigenvalue weighted by Crippen LogP contribution is 2.30. The number of carbonyl (C=O) groups excluding carboxylic acids is 1. The van der Waals surface area contributed by atoms with Gasteiger partial charge < -0.3 is 19.9 Å². The Kier molecular flexibility index (Phi) is 4.27. The molecule has 2 rings (SSSR count). The molecule has 2 aromatic rings. The molecule has 6 heteroatoms. The van der Waals surface area contributed by atoms with E-state index in [2.05, 4.69) is 5.32 Å². The van der Waals surface area contributed by atoms with Crippen LogP contribution in [0.4, 0.5) is 10.1 Å². The van der Waals surface area contributed by atoms with Gasteiger partial charge in [-0.3, -0.25) is 4.79 Å². The second-order valence-corrected chi connectivity index (χ2v) is 4.18. The van der Waals surface area contributed by atoms with Crippen molar-refractivity contribution in [1.29, 1.82) is 0 Å². The first-order chi connectivity index (χ1) is 10.0. The lowest BCUT2D eigenvalue weighted by Gasteiger charge is -2.12. The van der Waals surface area contributed by atoms with Crippen LogP contribution in [0.25, 0.3) is 0 Å². The second-order valence-electron chi connectivity index (χ2n) is 4.18. The number of nitrogens with one attached hydrogen (secondary N) is 1. The van der Waals surface area contributed by atoms with E-state index >= 15 is 0 Å². The van der Waals surface area contributed by atoms with Gasteiger partial charge in [0.05, 0.1) is 25.5 Å². The summed E-state index contributed by atoms with van der Waals surface area (Å²) in [6, 6.07) is 8.07. The molecule has 2 aromatic carbocycles. The highest BCUT2D eigenvalue weighted by Gasteiger charge is 2.14. The molecule has 5 nitrogen and oxygen atoms in total. The summed E-state index contributed by atoms with van der Waals surface area (Å²) in [5, 5.41) is 12.2. The first kappa shape index (κ1) is 14.6. The molecule has 0 heterocycles. The molecular weight excluding hydrogens is 277 g/mol. The van der Waals surface area contributed by atoms with Gasteiger partial charge in [-0.05, 0) is 24.3 Å². The number of anilines is 1. The highest BCUT2D eigenvalue weighted by molar-refractivity contribution is 6.06. The number of methoxy groups -OCH3 is 2. The Morgan fingerprint density at radius 1 is 1.14 bits per heavy atom. The van der Waals surface area contributed by atoms with Crippen LogP contribution < -0.4 is 14.8 Å². The first-order valence-electron chi connectivity index (χ1n) is 6.07. The minimum absolute atomic E-state index is 0.0405. The Hall–Kier alpha value is -2.76. The summed E-state index contributed by atoms with van der Waals surface area (Å²) in [6.07, 6.45) is 0. The number of rotatable bonds is 4. The molecule has 0 aromatic heterocycles. The molecule has 0 saturated heterocycles. The zero-order valence-electron chi connectivity index (χ0n) is 11.5. The lowest BCUT2D eigenvalue weighted by molar-refractivity contribution is 0.102. The fourth-order valence-electron chi connectivity index (χ4n) is 1.80. The smallest absolute Gasteiger partial charge is 0.259 e. The first-order valence-corrected chi connectivity index (χ1v) is 6.07. The summed E-state index contributed by atoms with van der Waals surface area (Å²) in [6.45, 7) is 0. The Morgan fingerprint density at radius 2 is 1.90 bits per heavy atom.